The number of rotatable bonds is 2. The van der Waals surface area contributed by atoms with Crippen LogP contribution in [-0.4, -0.2) is 5.75 Å². The third-order valence-electron chi connectivity index (χ3n) is 3.21. The van der Waals surface area contributed by atoms with Crippen LogP contribution in [0.4, 0.5) is 0 Å². The summed E-state index contributed by atoms with van der Waals surface area (Å²) in [5, 5.41) is 2.66. The average molecular weight is 233 g/mol. The minimum Gasteiger partial charge on any atom is -0.216 e. The molecule has 0 amide bonds. The lowest BCUT2D eigenvalue weighted by molar-refractivity contribution is 0.850. The molecule has 0 aliphatic carbocycles. The lowest BCUT2D eigenvalue weighted by Gasteiger charge is -2.15. The fraction of sp³-hybridized carbons (Fsp3) is 0.500. The molecular weight excluding hydrogens is 214 g/mol. The van der Waals surface area contributed by atoms with Crippen molar-refractivity contribution in [3.63, 3.8) is 0 Å². The van der Waals surface area contributed by atoms with Crippen LogP contribution < -0.4 is 10.6 Å². The van der Waals surface area contributed by atoms with Crippen molar-refractivity contribution in [3.8, 4) is 0 Å². The molecule has 1 aromatic rings. The molecule has 1 aliphatic rings. The van der Waals surface area contributed by atoms with Gasteiger partial charge in [0.25, 0.3) is 0 Å². The third kappa shape index (κ3) is 1.91. The second-order valence-electron chi connectivity index (χ2n) is 4.67. The van der Waals surface area contributed by atoms with Gasteiger partial charge in [0.15, 0.2) is 0 Å². The number of hydrogen-bond donors (Lipinski definition) is 0. The maximum absolute atomic E-state index is 4.63. The zero-order valence-electron chi connectivity index (χ0n) is 10.5. The van der Waals surface area contributed by atoms with Gasteiger partial charge in [-0.25, -0.2) is 4.40 Å². The molecule has 1 nitrogen and oxygen atoms in total. The first-order chi connectivity index (χ1) is 7.65. The van der Waals surface area contributed by atoms with Gasteiger partial charge in [0, 0.05) is 11.0 Å². The van der Waals surface area contributed by atoms with Gasteiger partial charge >= 0.3 is 0 Å². The minimum atomic E-state index is 0.578. The highest BCUT2D eigenvalue weighted by molar-refractivity contribution is 7.98. The molecule has 0 spiro atoms. The van der Waals surface area contributed by atoms with E-state index in [1.165, 1.54) is 21.7 Å². The molecule has 86 valence electrons. The van der Waals surface area contributed by atoms with Crippen LogP contribution in [0.15, 0.2) is 16.5 Å². The molecular formula is C14H19NS. The Bertz CT molecular complexity index is 514. The van der Waals surface area contributed by atoms with Crippen molar-refractivity contribution < 1.29 is 0 Å². The number of benzene rings is 1. The maximum atomic E-state index is 4.63. The van der Waals surface area contributed by atoms with Gasteiger partial charge in [-0.3, -0.25) is 0 Å². The van der Waals surface area contributed by atoms with Crippen LogP contribution in [0, 0.1) is 6.92 Å². The highest BCUT2D eigenvalue weighted by Gasteiger charge is 2.12. The average Bonchev–Trinajstić information content (AvgIpc) is 2.28. The number of hydrogen-bond acceptors (Lipinski definition) is 2. The lowest BCUT2D eigenvalue weighted by atomic mass is 9.95. The van der Waals surface area contributed by atoms with Gasteiger partial charge in [-0.1, -0.05) is 32.9 Å². The van der Waals surface area contributed by atoms with Crippen molar-refractivity contribution in [2.45, 2.75) is 40.0 Å². The SMILES string of the molecule is CCC1=c2c(C(C)C)ccc(C)c2=NSC1. The summed E-state index contributed by atoms with van der Waals surface area (Å²) < 4.78 is 4.63. The lowest BCUT2D eigenvalue weighted by Crippen LogP contribution is -2.36. The quantitative estimate of drug-likeness (QED) is 0.715. The van der Waals surface area contributed by atoms with Gasteiger partial charge in [0.05, 0.1) is 5.36 Å². The third-order valence-corrected chi connectivity index (χ3v) is 4.00. The van der Waals surface area contributed by atoms with Crippen LogP contribution in [0.25, 0.3) is 5.57 Å². The number of fused-ring (bicyclic) bond motifs is 1. The molecule has 0 bridgehead atoms. The van der Waals surface area contributed by atoms with Gasteiger partial charge in [0.1, 0.15) is 0 Å². The Morgan fingerprint density at radius 3 is 2.75 bits per heavy atom. The zero-order valence-corrected chi connectivity index (χ0v) is 11.3. The number of nitrogens with zero attached hydrogens (tertiary/aromatic N) is 1. The van der Waals surface area contributed by atoms with E-state index >= 15 is 0 Å². The summed E-state index contributed by atoms with van der Waals surface area (Å²) in [5.74, 6) is 1.64. The second kappa shape index (κ2) is 4.62. The molecule has 2 rings (SSSR count). The van der Waals surface area contributed by atoms with Crippen LogP contribution in [0.2, 0.25) is 0 Å². The maximum Gasteiger partial charge on any atom is 0.0817 e. The molecule has 1 aromatic carbocycles. The summed E-state index contributed by atoms with van der Waals surface area (Å²) in [6.45, 7) is 8.93. The molecule has 0 saturated heterocycles. The predicted molar refractivity (Wildman–Crippen MR) is 72.2 cm³/mol. The van der Waals surface area contributed by atoms with Gasteiger partial charge in [-0.05, 0) is 47.9 Å². The van der Waals surface area contributed by atoms with E-state index in [0.29, 0.717) is 5.92 Å². The summed E-state index contributed by atoms with van der Waals surface area (Å²) in [5.41, 5.74) is 4.32. The van der Waals surface area contributed by atoms with Crippen LogP contribution in [0.3, 0.4) is 0 Å². The highest BCUT2D eigenvalue weighted by atomic mass is 32.2. The van der Waals surface area contributed by atoms with Crippen molar-refractivity contribution in [2.24, 2.45) is 4.40 Å². The monoisotopic (exact) mass is 233 g/mol. The van der Waals surface area contributed by atoms with Gasteiger partial charge in [0.2, 0.25) is 0 Å². The Labute approximate surface area is 102 Å². The Balaban J connectivity index is 2.89. The molecule has 0 radical (unpaired) electrons. The van der Waals surface area contributed by atoms with E-state index in [4.69, 9.17) is 0 Å². The van der Waals surface area contributed by atoms with Crippen molar-refractivity contribution >= 4 is 17.5 Å². The summed E-state index contributed by atoms with van der Waals surface area (Å²) in [7, 11) is 0. The summed E-state index contributed by atoms with van der Waals surface area (Å²) in [4.78, 5) is 0. The zero-order chi connectivity index (χ0) is 11.7. The van der Waals surface area contributed by atoms with E-state index in [1.54, 1.807) is 17.5 Å². The fourth-order valence-corrected chi connectivity index (χ4v) is 3.14. The highest BCUT2D eigenvalue weighted by Crippen LogP contribution is 2.17. The van der Waals surface area contributed by atoms with Crippen molar-refractivity contribution in [1.29, 1.82) is 0 Å². The topological polar surface area (TPSA) is 12.4 Å². The Morgan fingerprint density at radius 1 is 1.38 bits per heavy atom. The molecule has 2 heteroatoms. The fourth-order valence-electron chi connectivity index (χ4n) is 2.21. The van der Waals surface area contributed by atoms with Gasteiger partial charge in [-0.2, -0.15) is 0 Å². The Morgan fingerprint density at radius 2 is 2.12 bits per heavy atom. The van der Waals surface area contributed by atoms with Crippen molar-refractivity contribution in [2.75, 3.05) is 5.75 Å². The standard InChI is InChI=1S/C14H19NS/c1-5-11-8-16-15-14-10(4)6-7-12(9(2)3)13(11)14/h6-7,9H,5,8H2,1-4H3. The van der Waals surface area contributed by atoms with E-state index in [1.807, 2.05) is 0 Å². The molecule has 0 N–H and O–H groups in total. The first kappa shape index (κ1) is 11.7. The van der Waals surface area contributed by atoms with Crippen LogP contribution >= 0.6 is 11.9 Å². The van der Waals surface area contributed by atoms with Crippen molar-refractivity contribution in [1.82, 2.24) is 0 Å². The molecule has 0 fully saturated rings. The second-order valence-corrected chi connectivity index (χ2v) is 5.40. The van der Waals surface area contributed by atoms with Gasteiger partial charge in [-0.15, -0.1) is 0 Å². The molecule has 1 aliphatic heterocycles. The van der Waals surface area contributed by atoms with E-state index < -0.39 is 0 Å². The van der Waals surface area contributed by atoms with E-state index in [0.717, 1.165) is 12.2 Å². The van der Waals surface area contributed by atoms with E-state index in [9.17, 15) is 0 Å². The largest absolute Gasteiger partial charge is 0.216 e. The predicted octanol–water partition coefficient (Wildman–Crippen LogP) is 2.96. The van der Waals surface area contributed by atoms with Crippen LogP contribution in [0.5, 0.6) is 0 Å². The molecule has 0 unspecified atom stereocenters. The molecule has 1 heterocycles. The summed E-state index contributed by atoms with van der Waals surface area (Å²) in [6.07, 6.45) is 1.14. The van der Waals surface area contributed by atoms with Gasteiger partial charge < -0.3 is 0 Å². The molecule has 0 aromatic heterocycles. The van der Waals surface area contributed by atoms with E-state index in [-0.39, 0.29) is 0 Å². The van der Waals surface area contributed by atoms with Crippen LogP contribution in [-0.2, 0) is 0 Å². The Kier molecular flexibility index (Phi) is 3.38. The first-order valence-corrected chi connectivity index (χ1v) is 6.91. The van der Waals surface area contributed by atoms with E-state index in [2.05, 4.69) is 44.2 Å². The summed E-state index contributed by atoms with van der Waals surface area (Å²) >= 11 is 1.69. The van der Waals surface area contributed by atoms with Crippen molar-refractivity contribution in [3.05, 3.63) is 33.8 Å². The first-order valence-electron chi connectivity index (χ1n) is 5.96. The molecule has 16 heavy (non-hydrogen) atoms. The summed E-state index contributed by atoms with van der Waals surface area (Å²) in [6, 6.07) is 4.48. The minimum absolute atomic E-state index is 0.578. The molecule has 0 saturated carbocycles. The normalized spacial score (nSPS) is 14.9. The Hall–Kier alpha value is -0.760. The molecule has 0 atom stereocenters. The number of aryl methyl sites for hydroxylation is 1. The smallest absolute Gasteiger partial charge is 0.0817 e. The van der Waals surface area contributed by atoms with Crippen LogP contribution in [0.1, 0.15) is 44.2 Å².